The summed E-state index contributed by atoms with van der Waals surface area (Å²) in [6, 6.07) is 4.11. The summed E-state index contributed by atoms with van der Waals surface area (Å²) >= 11 is 0. The Morgan fingerprint density at radius 2 is 1.91 bits per heavy atom. The van der Waals surface area contributed by atoms with Gasteiger partial charge in [-0.25, -0.2) is 4.39 Å². The first-order valence-corrected chi connectivity index (χ1v) is 7.25. The zero-order valence-electron chi connectivity index (χ0n) is 12.8. The quantitative estimate of drug-likeness (QED) is 0.707. The monoisotopic (exact) mass is 322 g/mol. The van der Waals surface area contributed by atoms with E-state index < -0.39 is 11.8 Å². The summed E-state index contributed by atoms with van der Waals surface area (Å²) in [6.07, 6.45) is -0.270. The molecule has 0 saturated heterocycles. The molecule has 1 aromatic carbocycles. The van der Waals surface area contributed by atoms with Gasteiger partial charge in [-0.1, -0.05) is 0 Å². The van der Waals surface area contributed by atoms with Crippen molar-refractivity contribution in [2.24, 2.45) is 0 Å². The lowest BCUT2D eigenvalue weighted by Gasteiger charge is -2.27. The molecule has 0 saturated carbocycles. The van der Waals surface area contributed by atoms with Crippen molar-refractivity contribution in [3.05, 3.63) is 35.3 Å². The fourth-order valence-corrected chi connectivity index (χ4v) is 2.68. The molecule has 6 nitrogen and oxygen atoms in total. The SMILES string of the molecule is Cc1nc2ccc(F)cc2c(N(CCO)CCO)c1CC(=O)O. The molecule has 1 heterocycles. The maximum absolute atomic E-state index is 13.7. The number of hydrogen-bond donors (Lipinski definition) is 3. The van der Waals surface area contributed by atoms with Crippen LogP contribution in [-0.4, -0.2) is 52.6 Å². The van der Waals surface area contributed by atoms with Crippen LogP contribution in [0.5, 0.6) is 0 Å². The van der Waals surface area contributed by atoms with Crippen LogP contribution < -0.4 is 4.90 Å². The summed E-state index contributed by atoms with van der Waals surface area (Å²) in [5.41, 5.74) is 2.02. The Bertz CT molecular complexity index is 715. The molecule has 0 amide bonds. The second-order valence-electron chi connectivity index (χ2n) is 5.19. The van der Waals surface area contributed by atoms with Crippen molar-refractivity contribution < 1.29 is 24.5 Å². The fourth-order valence-electron chi connectivity index (χ4n) is 2.68. The van der Waals surface area contributed by atoms with E-state index in [9.17, 15) is 19.4 Å². The van der Waals surface area contributed by atoms with Crippen LogP contribution in [0.3, 0.4) is 0 Å². The number of aliphatic carboxylic acids is 1. The number of rotatable bonds is 7. The summed E-state index contributed by atoms with van der Waals surface area (Å²) in [7, 11) is 0. The standard InChI is InChI=1S/C16H19FN2O4/c1-10-12(9-15(22)23)16(19(4-6-20)5-7-21)13-8-11(17)2-3-14(13)18-10/h2-3,8,20-21H,4-7,9H2,1H3,(H,22,23). The van der Waals surface area contributed by atoms with Gasteiger partial charge in [0.2, 0.25) is 0 Å². The smallest absolute Gasteiger partial charge is 0.307 e. The van der Waals surface area contributed by atoms with Crippen LogP contribution in [0, 0.1) is 12.7 Å². The zero-order chi connectivity index (χ0) is 17.0. The van der Waals surface area contributed by atoms with Gasteiger partial charge in [0.1, 0.15) is 5.82 Å². The minimum Gasteiger partial charge on any atom is -0.481 e. The molecular weight excluding hydrogens is 303 g/mol. The molecule has 1 aromatic heterocycles. The van der Waals surface area contributed by atoms with Crippen molar-refractivity contribution in [3.63, 3.8) is 0 Å². The molecule has 0 aliphatic heterocycles. The largest absolute Gasteiger partial charge is 0.481 e. The molecular formula is C16H19FN2O4. The molecule has 0 bridgehead atoms. The molecule has 124 valence electrons. The van der Waals surface area contributed by atoms with Gasteiger partial charge in [0.15, 0.2) is 0 Å². The van der Waals surface area contributed by atoms with Gasteiger partial charge in [0, 0.05) is 29.7 Å². The van der Waals surface area contributed by atoms with Crippen LogP contribution in [-0.2, 0) is 11.2 Å². The van der Waals surface area contributed by atoms with Crippen LogP contribution in [0.4, 0.5) is 10.1 Å². The van der Waals surface area contributed by atoms with Gasteiger partial charge in [-0.15, -0.1) is 0 Å². The fraction of sp³-hybridized carbons (Fsp3) is 0.375. The highest BCUT2D eigenvalue weighted by Crippen LogP contribution is 2.32. The van der Waals surface area contributed by atoms with Crippen LogP contribution in [0.15, 0.2) is 18.2 Å². The Morgan fingerprint density at radius 3 is 2.48 bits per heavy atom. The van der Waals surface area contributed by atoms with E-state index in [1.165, 1.54) is 18.2 Å². The number of aryl methyl sites for hydroxylation is 1. The number of carboxylic acid groups (broad SMARTS) is 1. The van der Waals surface area contributed by atoms with Crippen LogP contribution in [0.1, 0.15) is 11.3 Å². The highest BCUT2D eigenvalue weighted by Gasteiger charge is 2.20. The van der Waals surface area contributed by atoms with E-state index >= 15 is 0 Å². The molecule has 0 fully saturated rings. The number of carbonyl (C=O) groups is 1. The normalized spacial score (nSPS) is 11.0. The number of aliphatic hydroxyl groups is 2. The number of aliphatic hydroxyl groups excluding tert-OH is 2. The highest BCUT2D eigenvalue weighted by molar-refractivity contribution is 5.95. The first-order valence-electron chi connectivity index (χ1n) is 7.25. The summed E-state index contributed by atoms with van der Waals surface area (Å²) in [5, 5.41) is 28.2. The third-order valence-corrected chi connectivity index (χ3v) is 3.61. The van der Waals surface area contributed by atoms with Gasteiger partial charge in [-0.2, -0.15) is 0 Å². The number of benzene rings is 1. The van der Waals surface area contributed by atoms with Gasteiger partial charge < -0.3 is 20.2 Å². The van der Waals surface area contributed by atoms with E-state index in [0.717, 1.165) is 0 Å². The Kier molecular flexibility index (Phi) is 5.46. The number of hydrogen-bond acceptors (Lipinski definition) is 5. The minimum atomic E-state index is -1.03. The van der Waals surface area contributed by atoms with Gasteiger partial charge >= 0.3 is 5.97 Å². The Morgan fingerprint density at radius 1 is 1.26 bits per heavy atom. The number of halogens is 1. The molecule has 2 rings (SSSR count). The summed E-state index contributed by atoms with van der Waals surface area (Å²) < 4.78 is 13.7. The lowest BCUT2D eigenvalue weighted by Crippen LogP contribution is -2.31. The average Bonchev–Trinajstić information content (AvgIpc) is 2.48. The number of fused-ring (bicyclic) bond motifs is 1. The molecule has 23 heavy (non-hydrogen) atoms. The maximum Gasteiger partial charge on any atom is 0.307 e. The lowest BCUT2D eigenvalue weighted by atomic mass is 10.0. The molecule has 0 spiro atoms. The molecule has 2 aromatic rings. The van der Waals surface area contributed by atoms with E-state index in [4.69, 9.17) is 5.11 Å². The summed E-state index contributed by atoms with van der Waals surface area (Å²) in [4.78, 5) is 17.2. The number of nitrogens with zero attached hydrogens (tertiary/aromatic N) is 2. The van der Waals surface area contributed by atoms with Crippen molar-refractivity contribution >= 4 is 22.6 Å². The van der Waals surface area contributed by atoms with Gasteiger partial charge in [-0.3, -0.25) is 9.78 Å². The van der Waals surface area contributed by atoms with Crippen molar-refractivity contribution in [3.8, 4) is 0 Å². The predicted molar refractivity (Wildman–Crippen MR) is 84.2 cm³/mol. The number of pyridine rings is 1. The van der Waals surface area contributed by atoms with E-state index in [-0.39, 0.29) is 32.7 Å². The topological polar surface area (TPSA) is 93.9 Å². The summed E-state index contributed by atoms with van der Waals surface area (Å²) in [6.45, 7) is 1.74. The second-order valence-corrected chi connectivity index (χ2v) is 5.19. The summed E-state index contributed by atoms with van der Waals surface area (Å²) in [5.74, 6) is -1.49. The van der Waals surface area contributed by atoms with Crippen LogP contribution >= 0.6 is 0 Å². The molecule has 0 aliphatic rings. The average molecular weight is 322 g/mol. The number of anilines is 1. The maximum atomic E-state index is 13.7. The Balaban J connectivity index is 2.76. The molecule has 0 radical (unpaired) electrons. The predicted octanol–water partition coefficient (Wildman–Crippen LogP) is 1.10. The van der Waals surface area contributed by atoms with Crippen molar-refractivity contribution in [1.82, 2.24) is 4.98 Å². The van der Waals surface area contributed by atoms with E-state index in [1.807, 2.05) is 0 Å². The van der Waals surface area contributed by atoms with E-state index in [0.29, 0.717) is 27.8 Å². The van der Waals surface area contributed by atoms with Crippen LogP contribution in [0.2, 0.25) is 0 Å². The molecule has 0 unspecified atom stereocenters. The Hall–Kier alpha value is -2.25. The van der Waals surface area contributed by atoms with Crippen molar-refractivity contribution in [2.75, 3.05) is 31.2 Å². The number of carboxylic acids is 1. The Labute approximate surface area is 132 Å². The lowest BCUT2D eigenvalue weighted by molar-refractivity contribution is -0.136. The van der Waals surface area contributed by atoms with Crippen LogP contribution in [0.25, 0.3) is 10.9 Å². The second kappa shape index (κ2) is 7.34. The van der Waals surface area contributed by atoms with Crippen molar-refractivity contribution in [2.45, 2.75) is 13.3 Å². The van der Waals surface area contributed by atoms with Gasteiger partial charge in [0.25, 0.3) is 0 Å². The van der Waals surface area contributed by atoms with E-state index in [2.05, 4.69) is 4.98 Å². The molecule has 7 heteroatoms. The highest BCUT2D eigenvalue weighted by atomic mass is 19.1. The van der Waals surface area contributed by atoms with Gasteiger partial charge in [0.05, 0.1) is 30.8 Å². The van der Waals surface area contributed by atoms with Gasteiger partial charge in [-0.05, 0) is 25.1 Å². The number of aromatic nitrogens is 1. The molecule has 0 atom stereocenters. The van der Waals surface area contributed by atoms with E-state index in [1.54, 1.807) is 11.8 Å². The third kappa shape index (κ3) is 3.75. The molecule has 3 N–H and O–H groups in total. The van der Waals surface area contributed by atoms with Crippen molar-refractivity contribution in [1.29, 1.82) is 0 Å². The molecule has 0 aliphatic carbocycles. The minimum absolute atomic E-state index is 0.176. The first kappa shape index (κ1) is 17.1. The third-order valence-electron chi connectivity index (χ3n) is 3.61. The first-order chi connectivity index (χ1) is 11.0. The zero-order valence-corrected chi connectivity index (χ0v) is 12.8.